The Morgan fingerprint density at radius 2 is 1.17 bits per heavy atom. The van der Waals surface area contributed by atoms with Crippen LogP contribution in [0.3, 0.4) is 0 Å². The Hall–Kier alpha value is -4.87. The maximum absolute atomic E-state index is 13.5. The molecule has 1 aliphatic rings. The van der Waals surface area contributed by atoms with E-state index in [1.807, 2.05) is 97.9 Å². The molecule has 0 aromatic heterocycles. The van der Waals surface area contributed by atoms with Gasteiger partial charge in [-0.15, -0.1) is 0 Å². The summed E-state index contributed by atoms with van der Waals surface area (Å²) in [5.41, 5.74) is 7.31. The highest BCUT2D eigenvalue weighted by Crippen LogP contribution is 2.45. The molecule has 1 unspecified atom stereocenters. The van der Waals surface area contributed by atoms with Crippen LogP contribution in [-0.4, -0.2) is 25.2 Å². The van der Waals surface area contributed by atoms with E-state index in [1.54, 1.807) is 0 Å². The molecule has 0 aliphatic heterocycles. The van der Waals surface area contributed by atoms with Crippen LogP contribution in [0.5, 0.6) is 0 Å². The minimum atomic E-state index is -1.16. The van der Waals surface area contributed by atoms with Gasteiger partial charge in [-0.05, 0) is 48.1 Å². The molecule has 52 heavy (non-hydrogen) atoms. The van der Waals surface area contributed by atoms with Gasteiger partial charge in [0.2, 0.25) is 0 Å². The first-order valence-electron chi connectivity index (χ1n) is 18.7. The van der Waals surface area contributed by atoms with Gasteiger partial charge in [-0.25, -0.2) is 4.79 Å². The van der Waals surface area contributed by atoms with Crippen LogP contribution in [0.15, 0.2) is 127 Å². The summed E-state index contributed by atoms with van der Waals surface area (Å²) >= 11 is 6.80. The van der Waals surface area contributed by atoms with Crippen LogP contribution < -0.4 is 5.32 Å². The van der Waals surface area contributed by atoms with Crippen molar-refractivity contribution >= 4 is 23.7 Å². The fourth-order valence-electron chi connectivity index (χ4n) is 7.38. The van der Waals surface area contributed by atoms with Crippen LogP contribution >= 0.6 is 11.6 Å². The molecule has 268 valence electrons. The second-order valence-electron chi connectivity index (χ2n) is 13.7. The SMILES string of the molecule is Cc1ccc(C(OC(=O)CCCCCCCCCCNC(=O)OCC2c3ccccc3-c3ccccc32)(c2ccccc2)c2ccccc2Cl)cc1. The number of amides is 1. The Morgan fingerprint density at radius 3 is 1.83 bits per heavy atom. The monoisotopic (exact) mass is 713 g/mol. The van der Waals surface area contributed by atoms with Gasteiger partial charge in [-0.1, -0.05) is 177 Å². The second-order valence-corrected chi connectivity index (χ2v) is 14.1. The summed E-state index contributed by atoms with van der Waals surface area (Å²) in [4.78, 5) is 26.0. The molecular formula is C46H48ClNO4. The minimum absolute atomic E-state index is 0.0682. The van der Waals surface area contributed by atoms with Crippen molar-refractivity contribution in [2.45, 2.75) is 76.2 Å². The summed E-state index contributed by atoms with van der Waals surface area (Å²) < 4.78 is 12.2. The predicted molar refractivity (Wildman–Crippen MR) is 210 cm³/mol. The number of halogens is 1. The maximum atomic E-state index is 13.5. The standard InChI is InChI=1S/C46H48ClNO4/c1-34-28-30-36(31-29-34)46(35-19-9-8-10-20-35,42-25-16-17-26-43(42)47)52-44(49)27-11-6-4-2-3-5-7-18-32-48-45(50)51-33-41-39-23-14-12-21-37(39)38-22-13-15-24-40(38)41/h8-10,12-17,19-26,28-31,41H,2-7,11,18,27,32-33H2,1H3,(H,48,50). The average Bonchev–Trinajstić information content (AvgIpc) is 3.49. The van der Waals surface area contributed by atoms with Crippen LogP contribution in [0.25, 0.3) is 11.1 Å². The van der Waals surface area contributed by atoms with E-state index >= 15 is 0 Å². The molecular weight excluding hydrogens is 666 g/mol. The molecule has 0 bridgehead atoms. The zero-order valence-corrected chi connectivity index (χ0v) is 30.7. The molecule has 0 fully saturated rings. The van der Waals surface area contributed by atoms with E-state index in [0.717, 1.165) is 73.6 Å². The second kappa shape index (κ2) is 18.1. The summed E-state index contributed by atoms with van der Waals surface area (Å²) in [6.45, 7) is 2.99. The van der Waals surface area contributed by atoms with Crippen molar-refractivity contribution in [2.24, 2.45) is 0 Å². The van der Waals surface area contributed by atoms with Crippen molar-refractivity contribution in [3.63, 3.8) is 0 Å². The van der Waals surface area contributed by atoms with Crippen LogP contribution in [0.4, 0.5) is 4.79 Å². The molecule has 0 heterocycles. The number of alkyl carbamates (subject to hydrolysis) is 1. The molecule has 0 saturated carbocycles. The Kier molecular flexibility index (Phi) is 12.8. The van der Waals surface area contributed by atoms with Gasteiger partial charge in [0, 0.05) is 40.6 Å². The lowest BCUT2D eigenvalue weighted by molar-refractivity contribution is -0.153. The van der Waals surface area contributed by atoms with Gasteiger partial charge in [0.05, 0.1) is 0 Å². The largest absolute Gasteiger partial charge is 0.449 e. The predicted octanol–water partition coefficient (Wildman–Crippen LogP) is 11.5. The number of hydrogen-bond acceptors (Lipinski definition) is 4. The lowest BCUT2D eigenvalue weighted by Gasteiger charge is -2.36. The lowest BCUT2D eigenvalue weighted by Crippen LogP contribution is -2.35. The van der Waals surface area contributed by atoms with Crippen molar-refractivity contribution in [1.29, 1.82) is 0 Å². The van der Waals surface area contributed by atoms with E-state index in [2.05, 4.69) is 41.7 Å². The van der Waals surface area contributed by atoms with E-state index in [0.29, 0.717) is 24.6 Å². The summed E-state index contributed by atoms with van der Waals surface area (Å²) in [7, 11) is 0. The molecule has 0 radical (unpaired) electrons. The molecule has 5 aromatic carbocycles. The summed E-state index contributed by atoms with van der Waals surface area (Å²) in [5.74, 6) is -0.174. The zero-order chi connectivity index (χ0) is 36.2. The van der Waals surface area contributed by atoms with Gasteiger partial charge in [0.25, 0.3) is 0 Å². The molecule has 0 spiro atoms. The first kappa shape index (κ1) is 36.9. The summed E-state index contributed by atoms with van der Waals surface area (Å²) in [5, 5.41) is 3.47. The van der Waals surface area contributed by atoms with Crippen molar-refractivity contribution in [3.8, 4) is 11.1 Å². The number of carbonyl (C=O) groups excluding carboxylic acids is 2. The van der Waals surface area contributed by atoms with Gasteiger partial charge in [0.15, 0.2) is 5.60 Å². The summed E-state index contributed by atoms with van der Waals surface area (Å²) in [6.07, 6.45) is 8.12. The third-order valence-corrected chi connectivity index (χ3v) is 10.4. The molecule has 6 rings (SSSR count). The number of benzene rings is 5. The van der Waals surface area contributed by atoms with Crippen molar-refractivity contribution in [2.75, 3.05) is 13.2 Å². The Morgan fingerprint density at radius 1 is 0.635 bits per heavy atom. The van der Waals surface area contributed by atoms with Crippen LogP contribution in [0.1, 0.15) is 97.1 Å². The normalized spacial score (nSPS) is 13.1. The molecule has 1 aliphatic carbocycles. The molecule has 1 N–H and O–H groups in total. The number of ether oxygens (including phenoxy) is 2. The molecule has 0 saturated heterocycles. The van der Waals surface area contributed by atoms with E-state index < -0.39 is 5.60 Å². The van der Waals surface area contributed by atoms with Crippen molar-refractivity contribution in [1.82, 2.24) is 5.32 Å². The fraction of sp³-hybridized carbons (Fsp3) is 0.304. The molecule has 5 nitrogen and oxygen atoms in total. The van der Waals surface area contributed by atoms with Crippen LogP contribution in [0, 0.1) is 6.92 Å². The molecule has 1 amide bonds. The zero-order valence-electron chi connectivity index (χ0n) is 30.0. The Balaban J connectivity index is 0.891. The topological polar surface area (TPSA) is 64.6 Å². The molecule has 6 heteroatoms. The molecule has 5 aromatic rings. The van der Waals surface area contributed by atoms with E-state index in [9.17, 15) is 9.59 Å². The van der Waals surface area contributed by atoms with Gasteiger partial charge >= 0.3 is 12.1 Å². The van der Waals surface area contributed by atoms with Crippen LogP contribution in [0.2, 0.25) is 5.02 Å². The van der Waals surface area contributed by atoms with E-state index in [1.165, 1.54) is 22.3 Å². The molecule has 1 atom stereocenters. The number of nitrogens with one attached hydrogen (secondary N) is 1. The van der Waals surface area contributed by atoms with E-state index in [-0.39, 0.29) is 18.0 Å². The average molecular weight is 714 g/mol. The first-order valence-corrected chi connectivity index (χ1v) is 19.0. The number of fused-ring (bicyclic) bond motifs is 3. The number of unbranched alkanes of at least 4 members (excludes halogenated alkanes) is 7. The summed E-state index contributed by atoms with van der Waals surface area (Å²) in [6, 6.07) is 42.3. The van der Waals surface area contributed by atoms with Crippen LogP contribution in [-0.2, 0) is 19.9 Å². The number of esters is 1. The first-order chi connectivity index (χ1) is 25.5. The highest BCUT2D eigenvalue weighted by Gasteiger charge is 2.42. The third kappa shape index (κ3) is 8.77. The Labute approximate surface area is 313 Å². The van der Waals surface area contributed by atoms with Gasteiger partial charge in [-0.2, -0.15) is 0 Å². The van der Waals surface area contributed by atoms with Gasteiger partial charge < -0.3 is 14.8 Å². The highest BCUT2D eigenvalue weighted by molar-refractivity contribution is 6.31. The van der Waals surface area contributed by atoms with Crippen molar-refractivity contribution < 1.29 is 19.1 Å². The number of carbonyl (C=O) groups is 2. The highest BCUT2D eigenvalue weighted by atomic mass is 35.5. The smallest absolute Gasteiger partial charge is 0.407 e. The lowest BCUT2D eigenvalue weighted by atomic mass is 9.79. The quantitative estimate of drug-likeness (QED) is 0.0592. The van der Waals surface area contributed by atoms with Gasteiger partial charge in [0.1, 0.15) is 6.61 Å². The number of hydrogen-bond donors (Lipinski definition) is 1. The minimum Gasteiger partial charge on any atom is -0.449 e. The third-order valence-electron chi connectivity index (χ3n) is 10.1. The fourth-order valence-corrected chi connectivity index (χ4v) is 7.64. The number of rotatable bonds is 17. The number of aryl methyl sites for hydroxylation is 1. The maximum Gasteiger partial charge on any atom is 0.407 e. The van der Waals surface area contributed by atoms with E-state index in [4.69, 9.17) is 21.1 Å². The Bertz CT molecular complexity index is 1880. The van der Waals surface area contributed by atoms with Crippen molar-refractivity contribution in [3.05, 3.63) is 166 Å². The van der Waals surface area contributed by atoms with Gasteiger partial charge in [-0.3, -0.25) is 4.79 Å².